The predicted molar refractivity (Wildman–Crippen MR) is 170 cm³/mol. The minimum absolute atomic E-state index is 0.0119. The number of nitrogens with one attached hydrogen (secondary N) is 2. The minimum atomic E-state index is 0.0119. The van der Waals surface area contributed by atoms with E-state index in [1.807, 2.05) is 51.1 Å². The Morgan fingerprint density at radius 1 is 0.977 bits per heavy atom. The average molecular weight is 575 g/mol. The summed E-state index contributed by atoms with van der Waals surface area (Å²) in [5.74, 6) is 2.12. The minimum Gasteiger partial charge on any atom is -0.496 e. The lowest BCUT2D eigenvalue weighted by molar-refractivity contribution is -0.117. The summed E-state index contributed by atoms with van der Waals surface area (Å²) in [7, 11) is 1.67. The molecule has 3 aromatic heterocycles. The quantitative estimate of drug-likeness (QED) is 0.222. The van der Waals surface area contributed by atoms with Crippen LogP contribution < -0.4 is 10.1 Å². The van der Waals surface area contributed by atoms with Gasteiger partial charge < -0.3 is 19.6 Å². The van der Waals surface area contributed by atoms with Gasteiger partial charge in [-0.15, -0.1) is 0 Å². The summed E-state index contributed by atoms with van der Waals surface area (Å²) in [6, 6.07) is 16.3. The zero-order chi connectivity index (χ0) is 29.7. The third-order valence-corrected chi connectivity index (χ3v) is 8.45. The Labute approximate surface area is 249 Å². The van der Waals surface area contributed by atoms with E-state index in [0.717, 1.165) is 98.2 Å². The van der Waals surface area contributed by atoms with E-state index in [9.17, 15) is 4.79 Å². The molecule has 6 aromatic rings. The third kappa shape index (κ3) is 4.79. The molecule has 0 saturated carbocycles. The maximum absolute atomic E-state index is 13.0. The second kappa shape index (κ2) is 10.8. The Hall–Kier alpha value is -4.76. The highest BCUT2D eigenvalue weighted by atomic mass is 16.5. The van der Waals surface area contributed by atoms with Gasteiger partial charge in [0.25, 0.3) is 0 Å². The Balaban J connectivity index is 1.36. The standard InChI is InChI=1S/C34H34N6O3/c1-19-31(20(2)43-39-19)26-16-28-25(17-29(26)42-4)32-33(35-21(3)36-34(32)38-28)24-12-13-27(23-11-7-6-10-22(23)24)37-30(41)18-40-14-8-5-9-15-40/h6-7,10-13,16-17H,5,8-9,14-15,18H2,1-4H3,(H,37,41)(H,35,36,38). The topological polar surface area (TPSA) is 109 Å². The number of aromatic amines is 1. The number of piperidine rings is 1. The molecule has 7 rings (SSSR count). The van der Waals surface area contributed by atoms with E-state index < -0.39 is 0 Å². The fourth-order valence-corrected chi connectivity index (χ4v) is 6.49. The molecule has 1 saturated heterocycles. The van der Waals surface area contributed by atoms with Crippen molar-refractivity contribution in [1.82, 2.24) is 25.0 Å². The first-order chi connectivity index (χ1) is 20.9. The highest BCUT2D eigenvalue weighted by molar-refractivity contribution is 6.17. The highest BCUT2D eigenvalue weighted by Crippen LogP contribution is 2.42. The van der Waals surface area contributed by atoms with Crippen LogP contribution in [-0.2, 0) is 4.79 Å². The summed E-state index contributed by atoms with van der Waals surface area (Å²) in [6.07, 6.45) is 3.54. The monoisotopic (exact) mass is 574 g/mol. The van der Waals surface area contributed by atoms with Crippen LogP contribution in [0.5, 0.6) is 5.75 Å². The van der Waals surface area contributed by atoms with Gasteiger partial charge in [0, 0.05) is 33.1 Å². The van der Waals surface area contributed by atoms with Crippen molar-refractivity contribution in [3.63, 3.8) is 0 Å². The number of likely N-dealkylation sites (tertiary alicyclic amines) is 1. The number of aromatic nitrogens is 4. The smallest absolute Gasteiger partial charge is 0.238 e. The van der Waals surface area contributed by atoms with Gasteiger partial charge in [-0.3, -0.25) is 9.69 Å². The van der Waals surface area contributed by atoms with Gasteiger partial charge in [-0.1, -0.05) is 41.9 Å². The summed E-state index contributed by atoms with van der Waals surface area (Å²) in [4.78, 5) is 28.5. The average Bonchev–Trinajstić information content (AvgIpc) is 3.54. The van der Waals surface area contributed by atoms with Crippen LogP contribution in [-0.4, -0.2) is 57.7 Å². The number of hydrogen-bond acceptors (Lipinski definition) is 7. The van der Waals surface area contributed by atoms with Crippen LogP contribution in [0.25, 0.3) is 55.1 Å². The highest BCUT2D eigenvalue weighted by Gasteiger charge is 2.22. The lowest BCUT2D eigenvalue weighted by atomic mass is 9.97. The largest absolute Gasteiger partial charge is 0.496 e. The van der Waals surface area contributed by atoms with Crippen molar-refractivity contribution >= 4 is 44.3 Å². The molecule has 3 aromatic carbocycles. The maximum atomic E-state index is 13.0. The van der Waals surface area contributed by atoms with Gasteiger partial charge in [0.1, 0.15) is 23.0 Å². The van der Waals surface area contributed by atoms with Crippen molar-refractivity contribution in [2.24, 2.45) is 0 Å². The van der Waals surface area contributed by atoms with E-state index in [1.165, 1.54) is 6.42 Å². The van der Waals surface area contributed by atoms with Crippen LogP contribution in [0, 0.1) is 20.8 Å². The van der Waals surface area contributed by atoms with Gasteiger partial charge in [0.15, 0.2) is 0 Å². The van der Waals surface area contributed by atoms with E-state index in [1.54, 1.807) is 7.11 Å². The van der Waals surface area contributed by atoms with E-state index in [-0.39, 0.29) is 5.91 Å². The van der Waals surface area contributed by atoms with Crippen molar-refractivity contribution < 1.29 is 14.1 Å². The van der Waals surface area contributed by atoms with Gasteiger partial charge in [0.2, 0.25) is 5.91 Å². The molecule has 2 N–H and O–H groups in total. The molecule has 218 valence electrons. The number of ether oxygens (including phenoxy) is 1. The van der Waals surface area contributed by atoms with E-state index in [0.29, 0.717) is 18.1 Å². The lowest BCUT2D eigenvalue weighted by Gasteiger charge is -2.25. The first kappa shape index (κ1) is 27.1. The molecule has 0 atom stereocenters. The van der Waals surface area contributed by atoms with Crippen LogP contribution in [0.15, 0.2) is 53.1 Å². The molecule has 0 radical (unpaired) electrons. The second-order valence-corrected chi connectivity index (χ2v) is 11.4. The molecule has 9 heteroatoms. The molecule has 43 heavy (non-hydrogen) atoms. The van der Waals surface area contributed by atoms with Crippen LogP contribution in [0.2, 0.25) is 0 Å². The third-order valence-electron chi connectivity index (χ3n) is 8.45. The fourth-order valence-electron chi connectivity index (χ4n) is 6.49. The lowest BCUT2D eigenvalue weighted by Crippen LogP contribution is -2.36. The van der Waals surface area contributed by atoms with Crippen molar-refractivity contribution in [2.45, 2.75) is 40.0 Å². The molecular formula is C34H34N6O3. The summed E-state index contributed by atoms with van der Waals surface area (Å²) in [5, 5.41) is 11.2. The van der Waals surface area contributed by atoms with Crippen molar-refractivity contribution in [2.75, 3.05) is 32.1 Å². The van der Waals surface area contributed by atoms with Gasteiger partial charge in [0.05, 0.1) is 36.0 Å². The van der Waals surface area contributed by atoms with Crippen LogP contribution >= 0.6 is 0 Å². The number of rotatable bonds is 6. The number of nitrogens with zero attached hydrogens (tertiary/aromatic N) is 4. The SMILES string of the molecule is COc1cc2c(cc1-c1c(C)noc1C)[nH]c1nc(C)nc(-c3ccc(NC(=O)CN4CCCCC4)c4ccccc34)c12. The van der Waals surface area contributed by atoms with Gasteiger partial charge in [-0.05, 0) is 70.3 Å². The molecule has 0 spiro atoms. The molecule has 9 nitrogen and oxygen atoms in total. The molecule has 1 fully saturated rings. The molecule has 0 bridgehead atoms. The Bertz CT molecular complexity index is 2000. The molecule has 1 aliphatic heterocycles. The van der Waals surface area contributed by atoms with Gasteiger partial charge in [-0.25, -0.2) is 9.97 Å². The van der Waals surface area contributed by atoms with Crippen molar-refractivity contribution in [3.05, 3.63) is 65.8 Å². The Morgan fingerprint density at radius 3 is 2.51 bits per heavy atom. The van der Waals surface area contributed by atoms with Crippen LogP contribution in [0.4, 0.5) is 5.69 Å². The van der Waals surface area contributed by atoms with Crippen molar-refractivity contribution in [1.29, 1.82) is 0 Å². The maximum Gasteiger partial charge on any atom is 0.238 e. The number of H-pyrrole nitrogens is 1. The first-order valence-corrected chi connectivity index (χ1v) is 14.8. The molecule has 1 aliphatic rings. The van der Waals surface area contributed by atoms with Crippen LogP contribution in [0.3, 0.4) is 0 Å². The molecular weight excluding hydrogens is 540 g/mol. The molecule has 0 unspecified atom stereocenters. The summed E-state index contributed by atoms with van der Waals surface area (Å²) in [5.41, 5.74) is 6.88. The normalized spacial score (nSPS) is 14.1. The van der Waals surface area contributed by atoms with Gasteiger partial charge in [-0.2, -0.15) is 0 Å². The van der Waals surface area contributed by atoms with E-state index >= 15 is 0 Å². The Kier molecular flexibility index (Phi) is 6.82. The fraction of sp³-hybridized carbons (Fsp3) is 0.294. The van der Waals surface area contributed by atoms with Crippen molar-refractivity contribution in [3.8, 4) is 28.1 Å². The zero-order valence-electron chi connectivity index (χ0n) is 24.9. The molecule has 1 amide bonds. The summed E-state index contributed by atoms with van der Waals surface area (Å²) < 4.78 is 11.3. The number of methoxy groups -OCH3 is 1. The predicted octanol–water partition coefficient (Wildman–Crippen LogP) is 6.94. The Morgan fingerprint density at radius 2 is 1.77 bits per heavy atom. The number of aryl methyl sites for hydroxylation is 3. The number of benzene rings is 3. The number of fused-ring (bicyclic) bond motifs is 4. The number of carbonyl (C=O) groups excluding carboxylic acids is 1. The van der Waals surface area contributed by atoms with E-state index in [4.69, 9.17) is 19.2 Å². The molecule has 0 aliphatic carbocycles. The van der Waals surface area contributed by atoms with Crippen LogP contribution in [0.1, 0.15) is 36.5 Å². The number of carbonyl (C=O) groups is 1. The number of anilines is 1. The van der Waals surface area contributed by atoms with Gasteiger partial charge >= 0.3 is 0 Å². The zero-order valence-corrected chi connectivity index (χ0v) is 24.9. The molecule has 4 heterocycles. The number of amides is 1. The number of hydrogen-bond donors (Lipinski definition) is 2. The second-order valence-electron chi connectivity index (χ2n) is 11.4. The summed E-state index contributed by atoms with van der Waals surface area (Å²) in [6.45, 7) is 8.10. The first-order valence-electron chi connectivity index (χ1n) is 14.8. The van der Waals surface area contributed by atoms with E-state index in [2.05, 4.69) is 38.6 Å². The summed E-state index contributed by atoms with van der Waals surface area (Å²) >= 11 is 0.